The van der Waals surface area contributed by atoms with Crippen LogP contribution < -0.4 is 10.6 Å². The number of carbonyl (C=O) groups is 3. The minimum absolute atomic E-state index is 0.350. The maximum absolute atomic E-state index is 13.8. The molecule has 0 aliphatic carbocycles. The molecule has 36 heavy (non-hydrogen) atoms. The number of anilines is 1. The van der Waals surface area contributed by atoms with E-state index in [4.69, 9.17) is 4.74 Å². The number of nitriles is 1. The molecule has 0 aliphatic heterocycles. The van der Waals surface area contributed by atoms with E-state index in [9.17, 15) is 19.6 Å². The van der Waals surface area contributed by atoms with E-state index in [-0.39, 0.29) is 6.54 Å². The molecule has 8 heteroatoms. The molecular weight excluding hydrogens is 456 g/mol. The minimum atomic E-state index is -1.10. The highest BCUT2D eigenvalue weighted by Gasteiger charge is 2.35. The van der Waals surface area contributed by atoms with E-state index in [1.54, 1.807) is 26.8 Å². The first-order valence-electron chi connectivity index (χ1n) is 11.9. The summed E-state index contributed by atoms with van der Waals surface area (Å²) in [5, 5.41) is 15.1. The van der Waals surface area contributed by atoms with E-state index >= 15 is 0 Å². The first kappa shape index (κ1) is 28.4. The predicted molar refractivity (Wildman–Crippen MR) is 139 cm³/mol. The number of ether oxygens (including phenoxy) is 1. The van der Waals surface area contributed by atoms with Crippen molar-refractivity contribution in [3.05, 3.63) is 64.2 Å². The van der Waals surface area contributed by atoms with Crippen LogP contribution in [0, 0.1) is 39.0 Å². The Morgan fingerprint density at radius 2 is 1.64 bits per heavy atom. The second-order valence-electron chi connectivity index (χ2n) is 10.0. The highest BCUT2D eigenvalue weighted by molar-refractivity contribution is 6.00. The van der Waals surface area contributed by atoms with Gasteiger partial charge in [-0.15, -0.1) is 0 Å². The SMILES string of the molecule is Cc1ccc(C(C(=O)Nc2c(C)cccc2C)N(CC#N)C(=O)C(C)NC(=O)OC(C)(C)C)c(C)c1. The summed E-state index contributed by atoms with van der Waals surface area (Å²) in [6, 6.07) is 11.1. The Morgan fingerprint density at radius 1 is 1.03 bits per heavy atom. The zero-order chi connectivity index (χ0) is 27.2. The van der Waals surface area contributed by atoms with Crippen LogP contribution in [0.2, 0.25) is 0 Å². The maximum atomic E-state index is 13.8. The lowest BCUT2D eigenvalue weighted by molar-refractivity contribution is -0.139. The van der Waals surface area contributed by atoms with Gasteiger partial charge in [0.25, 0.3) is 5.91 Å². The second-order valence-corrected chi connectivity index (χ2v) is 10.0. The van der Waals surface area contributed by atoms with E-state index < -0.39 is 35.6 Å². The van der Waals surface area contributed by atoms with Crippen molar-refractivity contribution in [2.45, 2.75) is 73.1 Å². The Labute approximate surface area is 213 Å². The zero-order valence-electron chi connectivity index (χ0n) is 22.4. The van der Waals surface area contributed by atoms with Gasteiger partial charge in [-0.05, 0) is 77.6 Å². The van der Waals surface area contributed by atoms with Gasteiger partial charge in [0, 0.05) is 5.69 Å². The largest absolute Gasteiger partial charge is 0.444 e. The third-order valence-corrected chi connectivity index (χ3v) is 5.64. The predicted octanol–water partition coefficient (Wildman–Crippen LogP) is 4.87. The average molecular weight is 493 g/mol. The highest BCUT2D eigenvalue weighted by atomic mass is 16.6. The van der Waals surface area contributed by atoms with Crippen molar-refractivity contribution in [1.82, 2.24) is 10.2 Å². The third kappa shape index (κ3) is 7.32. The number of amides is 3. The minimum Gasteiger partial charge on any atom is -0.444 e. The van der Waals surface area contributed by atoms with Crippen LogP contribution in [0.25, 0.3) is 0 Å². The lowest BCUT2D eigenvalue weighted by Gasteiger charge is -2.33. The molecule has 2 N–H and O–H groups in total. The van der Waals surface area contributed by atoms with Gasteiger partial charge in [-0.1, -0.05) is 42.0 Å². The molecule has 2 atom stereocenters. The van der Waals surface area contributed by atoms with E-state index in [2.05, 4.69) is 10.6 Å². The first-order chi connectivity index (χ1) is 16.7. The van der Waals surface area contributed by atoms with Crippen LogP contribution in [-0.4, -0.2) is 41.0 Å². The van der Waals surface area contributed by atoms with Crippen molar-refractivity contribution in [2.24, 2.45) is 0 Å². The van der Waals surface area contributed by atoms with Gasteiger partial charge in [0.1, 0.15) is 24.2 Å². The fraction of sp³-hybridized carbons (Fsp3) is 0.429. The molecule has 0 aliphatic rings. The summed E-state index contributed by atoms with van der Waals surface area (Å²) < 4.78 is 5.26. The van der Waals surface area contributed by atoms with Gasteiger partial charge in [0.15, 0.2) is 0 Å². The Kier molecular flexibility index (Phi) is 9.23. The molecule has 2 aromatic carbocycles. The van der Waals surface area contributed by atoms with Gasteiger partial charge in [0.05, 0.1) is 6.07 Å². The molecule has 2 aromatic rings. The van der Waals surface area contributed by atoms with Gasteiger partial charge in [-0.3, -0.25) is 9.59 Å². The molecular formula is C28H36N4O4. The topological polar surface area (TPSA) is 112 Å². The maximum Gasteiger partial charge on any atom is 0.408 e. The molecule has 8 nitrogen and oxygen atoms in total. The molecule has 0 saturated heterocycles. The average Bonchev–Trinajstić information content (AvgIpc) is 2.75. The first-order valence-corrected chi connectivity index (χ1v) is 11.9. The van der Waals surface area contributed by atoms with Crippen molar-refractivity contribution in [3.63, 3.8) is 0 Å². The van der Waals surface area contributed by atoms with E-state index in [1.165, 1.54) is 11.8 Å². The van der Waals surface area contributed by atoms with Crippen LogP contribution in [0.5, 0.6) is 0 Å². The number of para-hydroxylation sites is 1. The van der Waals surface area contributed by atoms with Crippen molar-refractivity contribution < 1.29 is 19.1 Å². The Morgan fingerprint density at radius 3 is 2.17 bits per heavy atom. The number of nitrogens with zero attached hydrogens (tertiary/aromatic N) is 2. The monoisotopic (exact) mass is 492 g/mol. The third-order valence-electron chi connectivity index (χ3n) is 5.64. The number of aryl methyl sites for hydroxylation is 4. The fourth-order valence-electron chi connectivity index (χ4n) is 3.95. The van der Waals surface area contributed by atoms with Gasteiger partial charge >= 0.3 is 6.09 Å². The van der Waals surface area contributed by atoms with Crippen molar-refractivity contribution in [1.29, 1.82) is 5.26 Å². The Bertz CT molecular complexity index is 1160. The molecule has 2 rings (SSSR count). The van der Waals surface area contributed by atoms with Gasteiger partial charge < -0.3 is 20.3 Å². The number of rotatable bonds is 7. The van der Waals surface area contributed by atoms with Crippen LogP contribution in [0.4, 0.5) is 10.5 Å². The lowest BCUT2D eigenvalue weighted by atomic mass is 9.96. The fourth-order valence-corrected chi connectivity index (χ4v) is 3.95. The summed E-state index contributed by atoms with van der Waals surface area (Å²) in [7, 11) is 0. The highest BCUT2D eigenvalue weighted by Crippen LogP contribution is 2.29. The quantitative estimate of drug-likeness (QED) is 0.536. The molecule has 0 radical (unpaired) electrons. The van der Waals surface area contributed by atoms with Gasteiger partial charge in [-0.2, -0.15) is 5.26 Å². The van der Waals surface area contributed by atoms with Crippen LogP contribution in [0.3, 0.4) is 0 Å². The summed E-state index contributed by atoms with van der Waals surface area (Å²) in [5.74, 6) is -1.03. The number of hydrogen-bond donors (Lipinski definition) is 2. The summed E-state index contributed by atoms with van der Waals surface area (Å²) in [4.78, 5) is 40.8. The molecule has 0 bridgehead atoms. The molecule has 0 aromatic heterocycles. The number of carbonyl (C=O) groups excluding carboxylic acids is 3. The van der Waals surface area contributed by atoms with E-state index in [0.29, 0.717) is 11.3 Å². The van der Waals surface area contributed by atoms with E-state index in [1.807, 2.05) is 64.1 Å². The van der Waals surface area contributed by atoms with Crippen LogP contribution in [0.15, 0.2) is 36.4 Å². The van der Waals surface area contributed by atoms with Crippen molar-refractivity contribution in [2.75, 3.05) is 11.9 Å². The van der Waals surface area contributed by atoms with Crippen molar-refractivity contribution >= 4 is 23.6 Å². The number of nitrogens with one attached hydrogen (secondary N) is 2. The lowest BCUT2D eigenvalue weighted by Crippen LogP contribution is -2.51. The number of benzene rings is 2. The number of alkyl carbamates (subject to hydrolysis) is 1. The summed E-state index contributed by atoms with van der Waals surface area (Å²) in [6.07, 6.45) is -0.761. The molecule has 3 amide bonds. The van der Waals surface area contributed by atoms with Crippen LogP contribution >= 0.6 is 0 Å². The number of hydrogen-bond acceptors (Lipinski definition) is 5. The molecule has 0 heterocycles. The smallest absolute Gasteiger partial charge is 0.408 e. The molecule has 192 valence electrons. The van der Waals surface area contributed by atoms with Gasteiger partial charge in [-0.25, -0.2) is 4.79 Å². The normalized spacial score (nSPS) is 12.6. The Hall–Kier alpha value is -3.86. The second kappa shape index (κ2) is 11.7. The van der Waals surface area contributed by atoms with Crippen LogP contribution in [0.1, 0.15) is 61.6 Å². The molecule has 2 unspecified atom stereocenters. The van der Waals surface area contributed by atoms with Crippen LogP contribution in [-0.2, 0) is 14.3 Å². The molecule has 0 saturated carbocycles. The molecule has 0 fully saturated rings. The van der Waals surface area contributed by atoms with E-state index in [0.717, 1.165) is 22.3 Å². The Balaban J connectivity index is 2.50. The summed E-state index contributed by atoms with van der Waals surface area (Å²) >= 11 is 0. The summed E-state index contributed by atoms with van der Waals surface area (Å²) in [5.41, 5.74) is 4.07. The summed E-state index contributed by atoms with van der Waals surface area (Å²) in [6.45, 7) is 13.9. The standard InChI is InChI=1S/C28H36N4O4/c1-17-12-13-22(20(4)16-17)24(25(33)31-23-18(2)10-9-11-19(23)3)32(15-14-29)26(34)21(5)30-27(35)36-28(6,7)8/h9-13,16,21,24H,15H2,1-8H3,(H,30,35)(H,31,33). The zero-order valence-corrected chi connectivity index (χ0v) is 22.4. The van der Waals surface area contributed by atoms with Crippen molar-refractivity contribution in [3.8, 4) is 6.07 Å². The van der Waals surface area contributed by atoms with Gasteiger partial charge in [0.2, 0.25) is 5.91 Å². The molecule has 0 spiro atoms.